The Morgan fingerprint density at radius 1 is 1.08 bits per heavy atom. The number of halogens is 4. The predicted molar refractivity (Wildman–Crippen MR) is 138 cm³/mol. The summed E-state index contributed by atoms with van der Waals surface area (Å²) in [5.41, 5.74) is 1.43. The van der Waals surface area contributed by atoms with E-state index in [0.29, 0.717) is 24.3 Å². The fraction of sp³-hybridized carbons (Fsp3) is 0.581. The molecule has 1 saturated heterocycles. The number of aliphatic carboxylic acids is 1. The number of piperidine rings is 1. The molecule has 2 saturated carbocycles. The zero-order chi connectivity index (χ0) is 27.6. The van der Waals surface area contributed by atoms with Crippen molar-refractivity contribution < 1.29 is 32.2 Å². The Morgan fingerprint density at radius 3 is 2.49 bits per heavy atom. The van der Waals surface area contributed by atoms with Crippen molar-refractivity contribution in [1.29, 1.82) is 0 Å². The molecule has 2 bridgehead atoms. The Kier molecular flexibility index (Phi) is 6.68. The number of rotatable bonds is 7. The minimum absolute atomic E-state index is 0.00257. The molecule has 210 valence electrons. The van der Waals surface area contributed by atoms with Crippen LogP contribution in [-0.2, 0) is 17.4 Å². The van der Waals surface area contributed by atoms with E-state index in [0.717, 1.165) is 73.6 Å². The fourth-order valence-electron chi connectivity index (χ4n) is 7.77. The lowest BCUT2D eigenvalue weighted by molar-refractivity contribution is -0.142. The molecule has 1 N–H and O–H groups in total. The first-order valence-electron chi connectivity index (χ1n) is 14.2. The number of benzene rings is 2. The van der Waals surface area contributed by atoms with Crippen LogP contribution < -0.4 is 4.74 Å². The van der Waals surface area contributed by atoms with E-state index in [1.165, 1.54) is 0 Å². The number of hydrogen-bond acceptors (Lipinski definition) is 3. The van der Waals surface area contributed by atoms with Crippen molar-refractivity contribution in [1.82, 2.24) is 4.90 Å². The number of likely N-dealkylation sites (tertiary alicyclic amines) is 1. The number of ether oxygens (including phenoxy) is 1. The van der Waals surface area contributed by atoms with Gasteiger partial charge in [0.2, 0.25) is 0 Å². The largest absolute Gasteiger partial charge is 0.490 e. The minimum Gasteiger partial charge on any atom is -0.490 e. The maximum Gasteiger partial charge on any atom is 0.416 e. The van der Waals surface area contributed by atoms with Crippen molar-refractivity contribution >= 4 is 5.97 Å². The molecule has 39 heavy (non-hydrogen) atoms. The lowest BCUT2D eigenvalue weighted by Gasteiger charge is -2.40. The first-order valence-corrected chi connectivity index (χ1v) is 14.2. The summed E-state index contributed by atoms with van der Waals surface area (Å²) >= 11 is 0. The van der Waals surface area contributed by atoms with E-state index in [4.69, 9.17) is 4.74 Å². The second kappa shape index (κ2) is 9.79. The number of aryl methyl sites for hydroxylation is 1. The monoisotopic (exact) mass is 545 g/mol. The van der Waals surface area contributed by atoms with E-state index in [9.17, 15) is 27.5 Å². The minimum atomic E-state index is -4.53. The van der Waals surface area contributed by atoms with Crippen LogP contribution in [-0.4, -0.2) is 34.7 Å². The first-order chi connectivity index (χ1) is 18.5. The van der Waals surface area contributed by atoms with Gasteiger partial charge in [0.15, 0.2) is 0 Å². The highest BCUT2D eigenvalue weighted by Gasteiger charge is 2.50. The van der Waals surface area contributed by atoms with Gasteiger partial charge in [-0.15, -0.1) is 0 Å². The summed E-state index contributed by atoms with van der Waals surface area (Å²) in [6, 6.07) is 8.61. The third kappa shape index (κ3) is 4.94. The van der Waals surface area contributed by atoms with Crippen LogP contribution in [0.4, 0.5) is 17.6 Å². The molecular formula is C31H35F4NO3. The molecule has 2 aliphatic carbocycles. The SMILES string of the molecule is C[C@H](C(=O)O)[C@H](c1ccc2c(c1)OC(C1C[C@@H]3C[C@@H]1CN3[C@H](C)c1cc(F)ccc1C(F)(F)F)CC2)C1CC1. The second-order valence-electron chi connectivity index (χ2n) is 12.2. The van der Waals surface area contributed by atoms with Crippen LogP contribution in [0.15, 0.2) is 36.4 Å². The first kappa shape index (κ1) is 26.6. The summed E-state index contributed by atoms with van der Waals surface area (Å²) in [5, 5.41) is 9.67. The maximum absolute atomic E-state index is 14.0. The van der Waals surface area contributed by atoms with Crippen molar-refractivity contribution in [2.75, 3.05) is 6.54 Å². The number of alkyl halides is 3. The van der Waals surface area contributed by atoms with E-state index >= 15 is 0 Å². The van der Waals surface area contributed by atoms with Gasteiger partial charge < -0.3 is 9.84 Å². The van der Waals surface area contributed by atoms with E-state index < -0.39 is 35.5 Å². The molecule has 2 aromatic rings. The second-order valence-corrected chi connectivity index (χ2v) is 12.2. The van der Waals surface area contributed by atoms with Gasteiger partial charge in [0, 0.05) is 24.5 Å². The van der Waals surface area contributed by atoms with Gasteiger partial charge in [-0.05, 0) is 104 Å². The Hall–Kier alpha value is -2.61. The number of carboxylic acids is 1. The number of carbonyl (C=O) groups is 1. The van der Waals surface area contributed by atoms with E-state index in [2.05, 4.69) is 23.1 Å². The molecular weight excluding hydrogens is 510 g/mol. The van der Waals surface area contributed by atoms with Crippen molar-refractivity contribution in [3.8, 4) is 5.75 Å². The van der Waals surface area contributed by atoms with Gasteiger partial charge in [-0.3, -0.25) is 9.69 Å². The highest BCUT2D eigenvalue weighted by Crippen LogP contribution is 2.51. The van der Waals surface area contributed by atoms with Crippen LogP contribution in [0.3, 0.4) is 0 Å². The summed E-state index contributed by atoms with van der Waals surface area (Å²) in [6.07, 6.45) is 1.19. The Labute approximate surface area is 226 Å². The van der Waals surface area contributed by atoms with E-state index in [-0.39, 0.29) is 23.6 Å². The average Bonchev–Trinajstić information content (AvgIpc) is 3.51. The standard InChI is InChI=1S/C31H35F4NO3/c1-16(30(37)38)29(19-4-5-19)20-6-3-18-7-10-27(39-28(18)12-20)25-14-23-11-21(25)15-36(23)17(2)24-13-22(32)8-9-26(24)31(33,34)35/h3,6,8-9,12-13,16-17,19,21,23,25,27,29H,4-5,7,10-11,14-15H2,1-2H3,(H,37,38)/t16-,17+,21+,23-,25?,27?,29-/m0/s1. The number of fused-ring (bicyclic) bond motifs is 3. The van der Waals surface area contributed by atoms with Gasteiger partial charge >= 0.3 is 12.1 Å². The van der Waals surface area contributed by atoms with Gasteiger partial charge in [-0.25, -0.2) is 4.39 Å². The third-order valence-corrected chi connectivity index (χ3v) is 9.89. The summed E-state index contributed by atoms with van der Waals surface area (Å²) in [5.74, 6) is 0.0104. The molecule has 0 aromatic heterocycles. The molecule has 6 rings (SSSR count). The van der Waals surface area contributed by atoms with Crippen LogP contribution in [0.1, 0.15) is 80.2 Å². The maximum atomic E-state index is 14.0. The summed E-state index contributed by atoms with van der Waals surface area (Å²) < 4.78 is 61.6. The number of hydrogen-bond donors (Lipinski definition) is 1. The van der Waals surface area contributed by atoms with Crippen molar-refractivity contribution in [2.24, 2.45) is 23.7 Å². The zero-order valence-corrected chi connectivity index (χ0v) is 22.3. The predicted octanol–water partition coefficient (Wildman–Crippen LogP) is 7.22. The lowest BCUT2D eigenvalue weighted by Crippen LogP contribution is -2.43. The summed E-state index contributed by atoms with van der Waals surface area (Å²) in [6.45, 7) is 4.22. The van der Waals surface area contributed by atoms with E-state index in [1.807, 2.05) is 0 Å². The molecule has 3 fully saturated rings. The van der Waals surface area contributed by atoms with Crippen LogP contribution in [0.5, 0.6) is 5.75 Å². The topological polar surface area (TPSA) is 49.8 Å². The molecule has 0 radical (unpaired) electrons. The molecule has 2 aromatic carbocycles. The van der Waals surface area contributed by atoms with Gasteiger partial charge in [0.1, 0.15) is 17.7 Å². The average molecular weight is 546 g/mol. The van der Waals surface area contributed by atoms with Gasteiger partial charge in [-0.1, -0.05) is 19.1 Å². The molecule has 8 heteroatoms. The van der Waals surface area contributed by atoms with Crippen molar-refractivity contribution in [2.45, 2.75) is 82.7 Å². The molecule has 2 aliphatic heterocycles. The van der Waals surface area contributed by atoms with Gasteiger partial charge in [0.05, 0.1) is 11.5 Å². The molecule has 0 amide bonds. The van der Waals surface area contributed by atoms with Crippen molar-refractivity contribution in [3.05, 3.63) is 64.5 Å². The molecule has 2 unspecified atom stereocenters. The molecule has 0 spiro atoms. The van der Waals surface area contributed by atoms with Gasteiger partial charge in [-0.2, -0.15) is 13.2 Å². The zero-order valence-electron chi connectivity index (χ0n) is 22.3. The Morgan fingerprint density at radius 2 is 1.85 bits per heavy atom. The lowest BCUT2D eigenvalue weighted by atomic mass is 9.81. The Balaban J connectivity index is 1.16. The third-order valence-electron chi connectivity index (χ3n) is 9.89. The molecule has 7 atom stereocenters. The molecule has 4 nitrogen and oxygen atoms in total. The van der Waals surface area contributed by atoms with Gasteiger partial charge in [0.25, 0.3) is 0 Å². The smallest absolute Gasteiger partial charge is 0.416 e. The summed E-state index contributed by atoms with van der Waals surface area (Å²) in [4.78, 5) is 13.9. The fourth-order valence-corrected chi connectivity index (χ4v) is 7.77. The summed E-state index contributed by atoms with van der Waals surface area (Å²) in [7, 11) is 0. The normalized spacial score (nSPS) is 29.0. The van der Waals surface area contributed by atoms with Crippen LogP contribution in [0, 0.1) is 29.5 Å². The van der Waals surface area contributed by atoms with Crippen LogP contribution in [0.2, 0.25) is 0 Å². The quantitative estimate of drug-likeness (QED) is 0.373. The van der Waals surface area contributed by atoms with Crippen molar-refractivity contribution in [3.63, 3.8) is 0 Å². The van der Waals surface area contributed by atoms with Crippen LogP contribution >= 0.6 is 0 Å². The van der Waals surface area contributed by atoms with Crippen LogP contribution in [0.25, 0.3) is 0 Å². The number of carboxylic acid groups (broad SMARTS) is 1. The highest BCUT2D eigenvalue weighted by atomic mass is 19.4. The van der Waals surface area contributed by atoms with E-state index in [1.54, 1.807) is 13.8 Å². The number of nitrogens with zero attached hydrogens (tertiary/aromatic N) is 1. The highest BCUT2D eigenvalue weighted by molar-refractivity contribution is 5.71. The molecule has 4 aliphatic rings. The Bertz CT molecular complexity index is 1260. The molecule has 2 heterocycles.